The Morgan fingerprint density at radius 3 is 2.10 bits per heavy atom. The molecule has 3 aliphatic heterocycles. The number of carboxylic acid groups (broad SMARTS) is 1. The van der Waals surface area contributed by atoms with Crippen LogP contribution in [0.15, 0.2) is 42.5 Å². The summed E-state index contributed by atoms with van der Waals surface area (Å²) in [6.45, 7) is 1.01. The molecule has 3 fully saturated rings. The molecule has 1 N–H and O–H groups in total. The summed E-state index contributed by atoms with van der Waals surface area (Å²) in [7, 11) is 4.77. The van der Waals surface area contributed by atoms with Crippen LogP contribution in [0.3, 0.4) is 0 Å². The third-order valence-electron chi connectivity index (χ3n) is 9.94. The number of nitrogens with zero attached hydrogens (tertiary/aromatic N) is 4. The molecule has 3 saturated heterocycles. The number of likely N-dealkylation sites (tertiary alicyclic amines) is 2. The summed E-state index contributed by atoms with van der Waals surface area (Å²) in [5.41, 5.74) is -1.28. The number of likely N-dealkylation sites (N-methyl/N-ethyl adjacent to an activating group) is 1. The third kappa shape index (κ3) is 8.72. The second-order valence-corrected chi connectivity index (χ2v) is 13.1. The number of carbonyl (C=O) groups excluding carboxylic acids is 2. The lowest BCUT2D eigenvalue weighted by Crippen LogP contribution is -2.52. The molecule has 2 atom stereocenters. The largest absolute Gasteiger partial charge is 0.497 e. The Bertz CT molecular complexity index is 1470. The summed E-state index contributed by atoms with van der Waals surface area (Å²) >= 11 is 0. The second-order valence-electron chi connectivity index (χ2n) is 13.1. The first-order chi connectivity index (χ1) is 22.2. The lowest BCUT2D eigenvalue weighted by molar-refractivity contribution is -0.145. The first kappa shape index (κ1) is 40.1. The van der Waals surface area contributed by atoms with Crippen molar-refractivity contribution in [1.29, 1.82) is 0 Å². The lowest BCUT2D eigenvalue weighted by Gasteiger charge is -2.39. The number of methoxy groups -OCH3 is 1. The number of carbonyl (C=O) groups is 3. The van der Waals surface area contributed by atoms with Crippen LogP contribution in [0.2, 0.25) is 0 Å². The van der Waals surface area contributed by atoms with Crippen molar-refractivity contribution in [2.45, 2.75) is 49.4 Å². The van der Waals surface area contributed by atoms with E-state index in [1.54, 1.807) is 43.3 Å². The maximum Gasteiger partial charge on any atom is 0.416 e. The number of hydrogen-bond acceptors (Lipinski definition) is 6. The zero-order valence-corrected chi connectivity index (χ0v) is 29.4. The predicted octanol–water partition coefficient (Wildman–Crippen LogP) is 5.46. The summed E-state index contributed by atoms with van der Waals surface area (Å²) in [6, 6.07) is 10.6. The van der Waals surface area contributed by atoms with E-state index in [1.807, 2.05) is 4.90 Å². The van der Waals surface area contributed by atoms with Crippen LogP contribution < -0.4 is 9.64 Å². The average Bonchev–Trinajstić information content (AvgIpc) is 3.40. The SMILES string of the molecule is COc1ccc([C@@H]2CN(CC(=O)N(C)C)C[C@@]2(F)C(=O)N2CCC(c3ccc(C(F)(F)F)cc3N3CCC(C(=O)O)CC3)CC2)cc1.Cl.Cl. The van der Waals surface area contributed by atoms with Gasteiger partial charge in [-0.15, -0.1) is 24.8 Å². The van der Waals surface area contributed by atoms with Crippen molar-refractivity contribution >= 4 is 48.3 Å². The highest BCUT2D eigenvalue weighted by Gasteiger charge is 2.55. The molecule has 0 aliphatic carbocycles. The number of ether oxygens (including phenoxy) is 1. The van der Waals surface area contributed by atoms with Gasteiger partial charge in [0.05, 0.1) is 25.1 Å². The third-order valence-corrected chi connectivity index (χ3v) is 9.94. The highest BCUT2D eigenvalue weighted by Crippen LogP contribution is 2.44. The zero-order valence-electron chi connectivity index (χ0n) is 27.7. The van der Waals surface area contributed by atoms with Crippen molar-refractivity contribution in [2.75, 3.05) is 71.9 Å². The minimum Gasteiger partial charge on any atom is -0.497 e. The number of carboxylic acids is 1. The molecule has 0 unspecified atom stereocenters. The van der Waals surface area contributed by atoms with Crippen molar-refractivity contribution < 1.29 is 41.8 Å². The summed E-state index contributed by atoms with van der Waals surface area (Å²) in [4.78, 5) is 44.4. The van der Waals surface area contributed by atoms with E-state index in [0.29, 0.717) is 55.8 Å². The van der Waals surface area contributed by atoms with Crippen molar-refractivity contribution in [1.82, 2.24) is 14.7 Å². The number of anilines is 1. The first-order valence-electron chi connectivity index (χ1n) is 15.9. The van der Waals surface area contributed by atoms with Gasteiger partial charge in [-0.1, -0.05) is 18.2 Å². The van der Waals surface area contributed by atoms with Crippen molar-refractivity contribution in [3.63, 3.8) is 0 Å². The molecule has 272 valence electrons. The molecule has 2 amide bonds. The molecule has 15 heteroatoms. The molecule has 3 heterocycles. The smallest absolute Gasteiger partial charge is 0.416 e. The van der Waals surface area contributed by atoms with Gasteiger partial charge in [-0.25, -0.2) is 4.39 Å². The van der Waals surface area contributed by atoms with Crippen molar-refractivity contribution in [3.05, 3.63) is 59.2 Å². The van der Waals surface area contributed by atoms with Gasteiger partial charge in [-0.2, -0.15) is 13.2 Å². The van der Waals surface area contributed by atoms with Crippen molar-refractivity contribution in [2.24, 2.45) is 5.92 Å². The Morgan fingerprint density at radius 1 is 0.959 bits per heavy atom. The van der Waals surface area contributed by atoms with Gasteiger partial charge in [0.2, 0.25) is 11.6 Å². The predicted molar refractivity (Wildman–Crippen MR) is 182 cm³/mol. The molecule has 0 bridgehead atoms. The van der Waals surface area contributed by atoms with Crippen LogP contribution in [0, 0.1) is 5.92 Å². The number of hydrogen-bond donors (Lipinski definition) is 1. The molecular weight excluding hydrogens is 691 g/mol. The van der Waals surface area contributed by atoms with E-state index in [-0.39, 0.29) is 69.4 Å². The van der Waals surface area contributed by atoms with Crippen LogP contribution in [0.25, 0.3) is 0 Å². The lowest BCUT2D eigenvalue weighted by atomic mass is 9.83. The maximum absolute atomic E-state index is 17.2. The normalized spacial score (nSPS) is 22.2. The fourth-order valence-electron chi connectivity index (χ4n) is 7.14. The topological polar surface area (TPSA) is 93.6 Å². The van der Waals surface area contributed by atoms with E-state index in [9.17, 15) is 32.7 Å². The number of amides is 2. The highest BCUT2D eigenvalue weighted by atomic mass is 35.5. The van der Waals surface area contributed by atoms with E-state index in [1.165, 1.54) is 23.0 Å². The Hall–Kier alpha value is -3.29. The number of alkyl halides is 4. The minimum absolute atomic E-state index is 0. The Labute approximate surface area is 296 Å². The molecule has 0 radical (unpaired) electrons. The first-order valence-corrected chi connectivity index (χ1v) is 15.9. The number of halogens is 6. The molecule has 49 heavy (non-hydrogen) atoms. The van der Waals surface area contributed by atoms with Gasteiger partial charge in [0.15, 0.2) is 0 Å². The van der Waals surface area contributed by atoms with Crippen molar-refractivity contribution in [3.8, 4) is 5.75 Å². The zero-order chi connectivity index (χ0) is 34.1. The van der Waals surface area contributed by atoms with Crippen LogP contribution in [-0.4, -0.2) is 110 Å². The quantitative estimate of drug-likeness (QED) is 0.360. The highest BCUT2D eigenvalue weighted by molar-refractivity contribution is 5.88. The summed E-state index contributed by atoms with van der Waals surface area (Å²) in [6.07, 6.45) is -3.00. The van der Waals surface area contributed by atoms with Crippen LogP contribution in [0.1, 0.15) is 54.2 Å². The molecule has 2 aromatic carbocycles. The number of rotatable bonds is 8. The van der Waals surface area contributed by atoms with E-state index in [0.717, 1.165) is 17.7 Å². The summed E-state index contributed by atoms with van der Waals surface area (Å²) in [5, 5.41) is 9.40. The fourth-order valence-corrected chi connectivity index (χ4v) is 7.14. The average molecular weight is 736 g/mol. The van der Waals surface area contributed by atoms with Crippen LogP contribution >= 0.6 is 24.8 Å². The molecule has 0 aromatic heterocycles. The molecule has 9 nitrogen and oxygen atoms in total. The Balaban J connectivity index is 0.00000325. The number of aliphatic carboxylic acids is 1. The Morgan fingerprint density at radius 2 is 1.57 bits per heavy atom. The standard InChI is InChI=1S/C34H42F4N4O5.2ClH/c1-39(2)30(43)20-40-19-28(23-4-7-26(47-3)8-5-23)33(35,21-40)32(46)42-16-10-22(11-17-42)27-9-6-25(34(36,37)38)18-29(27)41-14-12-24(13-15-41)31(44)45;;/h4-9,18,22,24,28H,10-17,19-21H2,1-3H3,(H,44,45);2*1H/t28-,33-;;/m0../s1. The molecule has 0 spiro atoms. The number of piperidine rings is 2. The minimum atomic E-state index is -4.54. The fraction of sp³-hybridized carbons (Fsp3) is 0.559. The summed E-state index contributed by atoms with van der Waals surface area (Å²) < 4.78 is 63.6. The molecule has 0 saturated carbocycles. The van der Waals surface area contributed by atoms with Crippen LogP contribution in [0.4, 0.5) is 23.2 Å². The van der Waals surface area contributed by atoms with Gasteiger partial charge in [0, 0.05) is 65.0 Å². The monoisotopic (exact) mass is 734 g/mol. The van der Waals surface area contributed by atoms with Gasteiger partial charge in [0.1, 0.15) is 5.75 Å². The van der Waals surface area contributed by atoms with Gasteiger partial charge >= 0.3 is 12.1 Å². The van der Waals surface area contributed by atoms with Gasteiger partial charge in [-0.05, 0) is 67.0 Å². The van der Waals surface area contributed by atoms with Gasteiger partial charge in [-0.3, -0.25) is 19.3 Å². The van der Waals surface area contributed by atoms with Gasteiger partial charge < -0.3 is 24.5 Å². The van der Waals surface area contributed by atoms with Crippen LogP contribution in [0.5, 0.6) is 5.75 Å². The molecule has 2 aromatic rings. The summed E-state index contributed by atoms with van der Waals surface area (Å²) in [5.74, 6) is -2.67. The maximum atomic E-state index is 17.2. The molecule has 5 rings (SSSR count). The molecule has 3 aliphatic rings. The number of benzene rings is 2. The van der Waals surface area contributed by atoms with E-state index in [4.69, 9.17) is 4.74 Å². The van der Waals surface area contributed by atoms with E-state index >= 15 is 4.39 Å². The Kier molecular flexibility index (Phi) is 13.2. The van der Waals surface area contributed by atoms with E-state index in [2.05, 4.69) is 0 Å². The van der Waals surface area contributed by atoms with E-state index < -0.39 is 41.1 Å². The van der Waals surface area contributed by atoms with Gasteiger partial charge in [0.25, 0.3) is 5.91 Å². The molecular formula is C34H44Cl2F4N4O5. The van der Waals surface area contributed by atoms with Crippen LogP contribution in [-0.2, 0) is 20.6 Å². The second kappa shape index (κ2) is 16.2.